The lowest BCUT2D eigenvalue weighted by Gasteiger charge is -2.09. The normalized spacial score (nSPS) is 10.8. The van der Waals surface area contributed by atoms with Crippen molar-refractivity contribution in [2.24, 2.45) is 7.05 Å². The Morgan fingerprint density at radius 2 is 1.86 bits per heavy atom. The number of carboxylic acid groups (broad SMARTS) is 1. The van der Waals surface area contributed by atoms with E-state index in [0.717, 1.165) is 22.3 Å². The first-order chi connectivity index (χ1) is 13.6. The number of benzene rings is 2. The zero-order chi connectivity index (χ0) is 19.5. The fourth-order valence-corrected chi connectivity index (χ4v) is 2.91. The minimum Gasteiger partial charge on any atom is -0.476 e. The summed E-state index contributed by atoms with van der Waals surface area (Å²) in [7, 11) is 1.54. The lowest BCUT2D eigenvalue weighted by atomic mass is 9.98. The van der Waals surface area contributed by atoms with E-state index in [1.165, 1.54) is 11.7 Å². The second-order valence-electron chi connectivity index (χ2n) is 6.05. The van der Waals surface area contributed by atoms with E-state index in [-0.39, 0.29) is 11.5 Å². The number of H-pyrrole nitrogens is 1. The monoisotopic (exact) mass is 376 g/mol. The molecule has 4 rings (SSSR count). The Bertz CT molecular complexity index is 1100. The van der Waals surface area contributed by atoms with Crippen LogP contribution in [-0.4, -0.2) is 46.7 Å². The van der Waals surface area contributed by atoms with Crippen molar-refractivity contribution in [3.8, 4) is 22.5 Å². The fraction of sp³-hybridized carbons (Fsp3) is 0.111. The molecule has 0 saturated carbocycles. The number of aromatic nitrogens is 7. The average molecular weight is 376 g/mol. The predicted molar refractivity (Wildman–Crippen MR) is 100 cm³/mol. The predicted octanol–water partition coefficient (Wildman–Crippen LogP) is 1.97. The van der Waals surface area contributed by atoms with Crippen LogP contribution >= 0.6 is 0 Å². The summed E-state index contributed by atoms with van der Waals surface area (Å²) in [4.78, 5) is 11.3. The molecule has 10 nitrogen and oxygen atoms in total. The van der Waals surface area contributed by atoms with Crippen LogP contribution in [0.3, 0.4) is 0 Å². The molecule has 2 aromatic heterocycles. The number of hydrogen-bond acceptors (Lipinski definition) is 7. The van der Waals surface area contributed by atoms with Gasteiger partial charge in [0.2, 0.25) is 5.82 Å². The molecular weight excluding hydrogens is 360 g/mol. The van der Waals surface area contributed by atoms with E-state index in [1.54, 1.807) is 0 Å². The molecule has 10 heteroatoms. The standard InChI is InChI=1S/C18H16N8O2/c1-26-15(18(27)28)17(22-25-26)19-10-11-6-8-12(9-7-11)13-4-2-3-5-14(13)16-20-23-24-21-16/h2-9,19H,10H2,1H3,(H,27,28)(H,20,21,23,24). The smallest absolute Gasteiger partial charge is 0.358 e. The van der Waals surface area contributed by atoms with Gasteiger partial charge in [-0.05, 0) is 21.9 Å². The summed E-state index contributed by atoms with van der Waals surface area (Å²) in [5.41, 5.74) is 3.88. The third kappa shape index (κ3) is 3.30. The maximum atomic E-state index is 11.3. The van der Waals surface area contributed by atoms with Crippen molar-refractivity contribution in [3.05, 3.63) is 59.8 Å². The number of anilines is 1. The van der Waals surface area contributed by atoms with Crippen molar-refractivity contribution in [1.82, 2.24) is 35.6 Å². The van der Waals surface area contributed by atoms with Gasteiger partial charge in [-0.1, -0.05) is 53.7 Å². The molecule has 0 aliphatic heterocycles. The molecule has 0 aliphatic rings. The van der Waals surface area contributed by atoms with E-state index < -0.39 is 5.97 Å². The molecule has 2 aromatic carbocycles. The molecule has 0 bridgehead atoms. The third-order valence-corrected chi connectivity index (χ3v) is 4.27. The van der Waals surface area contributed by atoms with Crippen LogP contribution in [-0.2, 0) is 13.6 Å². The Labute approximate surface area is 159 Å². The van der Waals surface area contributed by atoms with E-state index in [0.29, 0.717) is 12.4 Å². The average Bonchev–Trinajstić information content (AvgIpc) is 3.36. The van der Waals surface area contributed by atoms with Crippen molar-refractivity contribution in [2.75, 3.05) is 5.32 Å². The van der Waals surface area contributed by atoms with Crippen LogP contribution in [0, 0.1) is 0 Å². The number of hydrogen-bond donors (Lipinski definition) is 3. The van der Waals surface area contributed by atoms with Crippen LogP contribution in [0.4, 0.5) is 5.82 Å². The molecule has 0 radical (unpaired) electrons. The van der Waals surface area contributed by atoms with Gasteiger partial charge in [-0.2, -0.15) is 5.21 Å². The molecule has 0 fully saturated rings. The maximum absolute atomic E-state index is 11.3. The molecule has 3 N–H and O–H groups in total. The largest absolute Gasteiger partial charge is 0.476 e. The first-order valence-electron chi connectivity index (χ1n) is 8.42. The molecule has 0 atom stereocenters. The highest BCUT2D eigenvalue weighted by atomic mass is 16.4. The molecule has 140 valence electrons. The summed E-state index contributed by atoms with van der Waals surface area (Å²) in [6, 6.07) is 15.7. The minimum absolute atomic E-state index is 0.0191. The molecule has 4 aromatic rings. The summed E-state index contributed by atoms with van der Waals surface area (Å²) < 4.78 is 1.22. The van der Waals surface area contributed by atoms with E-state index in [4.69, 9.17) is 0 Å². The maximum Gasteiger partial charge on any atom is 0.358 e. The summed E-state index contributed by atoms with van der Waals surface area (Å²) >= 11 is 0. The van der Waals surface area contributed by atoms with Gasteiger partial charge >= 0.3 is 5.97 Å². The molecule has 0 aliphatic carbocycles. The number of tetrazole rings is 1. The first-order valence-corrected chi connectivity index (χ1v) is 8.42. The van der Waals surface area contributed by atoms with Crippen molar-refractivity contribution in [2.45, 2.75) is 6.54 Å². The minimum atomic E-state index is -1.08. The lowest BCUT2D eigenvalue weighted by Crippen LogP contribution is -2.09. The van der Waals surface area contributed by atoms with Crippen molar-refractivity contribution >= 4 is 11.8 Å². The third-order valence-electron chi connectivity index (χ3n) is 4.27. The highest BCUT2D eigenvalue weighted by Crippen LogP contribution is 2.29. The number of carbonyl (C=O) groups is 1. The number of nitrogens with one attached hydrogen (secondary N) is 2. The van der Waals surface area contributed by atoms with Gasteiger partial charge in [0.1, 0.15) is 0 Å². The van der Waals surface area contributed by atoms with E-state index in [2.05, 4.69) is 36.3 Å². The van der Waals surface area contributed by atoms with Crippen LogP contribution < -0.4 is 5.32 Å². The number of aryl methyl sites for hydroxylation is 1. The molecule has 0 saturated heterocycles. The Morgan fingerprint density at radius 3 is 2.54 bits per heavy atom. The van der Waals surface area contributed by atoms with Gasteiger partial charge in [0.15, 0.2) is 11.5 Å². The fourth-order valence-electron chi connectivity index (χ4n) is 2.91. The zero-order valence-electron chi connectivity index (χ0n) is 14.9. The number of nitrogens with zero attached hydrogens (tertiary/aromatic N) is 6. The number of carboxylic acids is 1. The Hall–Kier alpha value is -4.08. The summed E-state index contributed by atoms with van der Waals surface area (Å²) in [6.45, 7) is 0.422. The van der Waals surface area contributed by atoms with Gasteiger partial charge in [0.05, 0.1) is 0 Å². The second kappa shape index (κ2) is 7.27. The highest BCUT2D eigenvalue weighted by molar-refractivity contribution is 5.91. The molecule has 2 heterocycles. The van der Waals surface area contributed by atoms with Crippen LogP contribution in [0.5, 0.6) is 0 Å². The van der Waals surface area contributed by atoms with Gasteiger partial charge in [-0.15, -0.1) is 15.3 Å². The quantitative estimate of drug-likeness (QED) is 0.465. The van der Waals surface area contributed by atoms with Crippen molar-refractivity contribution < 1.29 is 9.90 Å². The van der Waals surface area contributed by atoms with Gasteiger partial charge < -0.3 is 10.4 Å². The van der Waals surface area contributed by atoms with Crippen LogP contribution in [0.15, 0.2) is 48.5 Å². The lowest BCUT2D eigenvalue weighted by molar-refractivity contribution is 0.0686. The van der Waals surface area contributed by atoms with Crippen molar-refractivity contribution in [3.63, 3.8) is 0 Å². The molecular formula is C18H16N8O2. The van der Waals surface area contributed by atoms with Crippen LogP contribution in [0.1, 0.15) is 16.1 Å². The topological polar surface area (TPSA) is 134 Å². The van der Waals surface area contributed by atoms with Gasteiger partial charge in [0, 0.05) is 19.2 Å². The van der Waals surface area contributed by atoms with Crippen LogP contribution in [0.25, 0.3) is 22.5 Å². The summed E-state index contributed by atoms with van der Waals surface area (Å²) in [6.07, 6.45) is 0. The Balaban J connectivity index is 1.54. The zero-order valence-corrected chi connectivity index (χ0v) is 14.9. The first kappa shape index (κ1) is 17.3. The number of rotatable bonds is 6. The molecule has 28 heavy (non-hydrogen) atoms. The summed E-state index contributed by atoms with van der Waals surface area (Å²) in [5, 5.41) is 34.1. The van der Waals surface area contributed by atoms with Gasteiger partial charge in [-0.3, -0.25) is 0 Å². The second-order valence-corrected chi connectivity index (χ2v) is 6.05. The van der Waals surface area contributed by atoms with E-state index in [9.17, 15) is 9.90 Å². The molecule has 0 spiro atoms. The Morgan fingerprint density at radius 1 is 1.11 bits per heavy atom. The van der Waals surface area contributed by atoms with Crippen molar-refractivity contribution in [1.29, 1.82) is 0 Å². The highest BCUT2D eigenvalue weighted by Gasteiger charge is 2.17. The van der Waals surface area contributed by atoms with E-state index >= 15 is 0 Å². The SMILES string of the molecule is Cn1nnc(NCc2ccc(-c3ccccc3-c3nn[nH]n3)cc2)c1C(=O)O. The number of aromatic amines is 1. The van der Waals surface area contributed by atoms with Gasteiger partial charge in [-0.25, -0.2) is 9.48 Å². The number of aromatic carboxylic acids is 1. The van der Waals surface area contributed by atoms with E-state index in [1.807, 2.05) is 48.5 Å². The Kier molecular flexibility index (Phi) is 4.50. The van der Waals surface area contributed by atoms with Crippen LogP contribution in [0.2, 0.25) is 0 Å². The molecule has 0 unspecified atom stereocenters. The summed E-state index contributed by atoms with van der Waals surface area (Å²) in [5.74, 6) is -0.310. The van der Waals surface area contributed by atoms with Gasteiger partial charge in [0.25, 0.3) is 0 Å². The molecule has 0 amide bonds.